The number of anilines is 1. The third-order valence-electron chi connectivity index (χ3n) is 3.90. The summed E-state index contributed by atoms with van der Waals surface area (Å²) in [6, 6.07) is 13.2. The molecule has 0 saturated heterocycles. The number of hydrogen-bond acceptors (Lipinski definition) is 3. The van der Waals surface area contributed by atoms with Crippen LogP contribution in [-0.2, 0) is 10.0 Å². The van der Waals surface area contributed by atoms with Crippen molar-refractivity contribution >= 4 is 21.6 Å². The highest BCUT2D eigenvalue weighted by molar-refractivity contribution is 7.92. The lowest BCUT2D eigenvalue weighted by atomic mass is 10.0. The zero-order valence-corrected chi connectivity index (χ0v) is 12.9. The predicted molar refractivity (Wildman–Crippen MR) is 84.3 cm³/mol. The molecule has 0 spiro atoms. The van der Waals surface area contributed by atoms with E-state index in [1.54, 1.807) is 0 Å². The van der Waals surface area contributed by atoms with Crippen LogP contribution in [0.3, 0.4) is 0 Å². The van der Waals surface area contributed by atoms with Gasteiger partial charge in [-0.2, -0.15) is 0 Å². The summed E-state index contributed by atoms with van der Waals surface area (Å²) < 4.78 is 27.1. The van der Waals surface area contributed by atoms with Crippen molar-refractivity contribution in [3.8, 4) is 0 Å². The number of carbonyl (C=O) groups is 1. The van der Waals surface area contributed by atoms with Gasteiger partial charge in [0.05, 0.1) is 10.6 Å². The molecule has 6 heteroatoms. The lowest BCUT2D eigenvalue weighted by Crippen LogP contribution is -2.29. The molecular weight excluding hydrogens is 300 g/mol. The lowest BCUT2D eigenvalue weighted by molar-refractivity contribution is 0.1000. The van der Waals surface area contributed by atoms with E-state index < -0.39 is 15.9 Å². The van der Waals surface area contributed by atoms with Gasteiger partial charge in [0.2, 0.25) is 5.91 Å². The average Bonchev–Trinajstić information content (AvgIpc) is 2.86. The third-order valence-corrected chi connectivity index (χ3v) is 5.70. The van der Waals surface area contributed by atoms with Gasteiger partial charge in [-0.15, -0.1) is 0 Å². The van der Waals surface area contributed by atoms with Crippen molar-refractivity contribution in [3.05, 3.63) is 59.7 Å². The number of nitrogens with zero attached hydrogens (tertiary/aromatic N) is 1. The van der Waals surface area contributed by atoms with Gasteiger partial charge in [0.25, 0.3) is 10.0 Å². The Morgan fingerprint density at radius 2 is 1.77 bits per heavy atom. The molecule has 114 valence electrons. The van der Waals surface area contributed by atoms with E-state index in [-0.39, 0.29) is 16.4 Å². The Labute approximate surface area is 129 Å². The standard InChI is InChI=1S/C16H16N2O3S/c1-11-10-18(15-5-3-2-4-14(11)15)22(20,21)13-8-6-12(7-9-13)16(17)19/h2-9,11H,10H2,1H3,(H2,17,19). The van der Waals surface area contributed by atoms with Crippen molar-refractivity contribution in [1.29, 1.82) is 0 Å². The normalized spacial score (nSPS) is 17.3. The van der Waals surface area contributed by atoms with Gasteiger partial charge >= 0.3 is 0 Å². The highest BCUT2D eigenvalue weighted by Crippen LogP contribution is 2.38. The number of nitrogens with two attached hydrogens (primary N) is 1. The number of amides is 1. The van der Waals surface area contributed by atoms with Crippen LogP contribution in [0.5, 0.6) is 0 Å². The van der Waals surface area contributed by atoms with Crippen molar-refractivity contribution in [2.75, 3.05) is 10.8 Å². The van der Waals surface area contributed by atoms with Gasteiger partial charge in [-0.05, 0) is 35.9 Å². The van der Waals surface area contributed by atoms with Crippen molar-refractivity contribution in [2.45, 2.75) is 17.7 Å². The van der Waals surface area contributed by atoms with Crippen molar-refractivity contribution in [1.82, 2.24) is 0 Å². The van der Waals surface area contributed by atoms with Crippen LogP contribution in [0, 0.1) is 0 Å². The van der Waals surface area contributed by atoms with Crippen LogP contribution in [0.15, 0.2) is 53.4 Å². The summed E-state index contributed by atoms with van der Waals surface area (Å²) in [6.07, 6.45) is 0. The smallest absolute Gasteiger partial charge is 0.264 e. The van der Waals surface area contributed by atoms with Crippen LogP contribution in [-0.4, -0.2) is 20.9 Å². The van der Waals surface area contributed by atoms with Crippen LogP contribution in [0.1, 0.15) is 28.8 Å². The topological polar surface area (TPSA) is 80.5 Å². The highest BCUT2D eigenvalue weighted by Gasteiger charge is 2.34. The van der Waals surface area contributed by atoms with Crippen LogP contribution in [0.25, 0.3) is 0 Å². The molecular formula is C16H16N2O3S. The van der Waals surface area contributed by atoms with Gasteiger partial charge in [-0.3, -0.25) is 9.10 Å². The quantitative estimate of drug-likeness (QED) is 0.941. The molecule has 1 heterocycles. The van der Waals surface area contributed by atoms with Gasteiger partial charge in [0.15, 0.2) is 0 Å². The molecule has 1 amide bonds. The summed E-state index contributed by atoms with van der Waals surface area (Å²) in [4.78, 5) is 11.2. The molecule has 0 aromatic heterocycles. The SMILES string of the molecule is CC1CN(S(=O)(=O)c2ccc(C(N)=O)cc2)c2ccccc21. The van der Waals surface area contributed by atoms with Crippen LogP contribution < -0.4 is 10.0 Å². The third kappa shape index (κ3) is 2.25. The molecule has 0 fully saturated rings. The summed E-state index contributed by atoms with van der Waals surface area (Å²) in [6.45, 7) is 2.42. The van der Waals surface area contributed by atoms with Gasteiger partial charge in [0.1, 0.15) is 0 Å². The maximum Gasteiger partial charge on any atom is 0.264 e. The second-order valence-corrected chi connectivity index (χ2v) is 7.25. The Bertz CT molecular complexity index is 829. The van der Waals surface area contributed by atoms with E-state index in [0.29, 0.717) is 12.2 Å². The Morgan fingerprint density at radius 1 is 1.14 bits per heavy atom. The van der Waals surface area contributed by atoms with Crippen LogP contribution in [0.4, 0.5) is 5.69 Å². The first-order chi connectivity index (χ1) is 10.4. The molecule has 1 aliphatic rings. The molecule has 2 aromatic rings. The van der Waals surface area contributed by atoms with E-state index in [2.05, 4.69) is 0 Å². The fourth-order valence-corrected chi connectivity index (χ4v) is 4.30. The number of primary amides is 1. The van der Waals surface area contributed by atoms with Gasteiger partial charge in [0, 0.05) is 18.0 Å². The fraction of sp³-hybridized carbons (Fsp3) is 0.188. The minimum atomic E-state index is -3.65. The fourth-order valence-electron chi connectivity index (χ4n) is 2.72. The molecule has 0 radical (unpaired) electrons. The first-order valence-corrected chi connectivity index (χ1v) is 8.37. The van der Waals surface area contributed by atoms with E-state index in [9.17, 15) is 13.2 Å². The molecule has 0 bridgehead atoms. The van der Waals surface area contributed by atoms with E-state index in [1.807, 2.05) is 31.2 Å². The number of fused-ring (bicyclic) bond motifs is 1. The zero-order chi connectivity index (χ0) is 15.9. The number of rotatable bonds is 3. The average molecular weight is 316 g/mol. The highest BCUT2D eigenvalue weighted by atomic mass is 32.2. The first-order valence-electron chi connectivity index (χ1n) is 6.93. The molecule has 1 aliphatic heterocycles. The van der Waals surface area contributed by atoms with Crippen molar-refractivity contribution in [3.63, 3.8) is 0 Å². The molecule has 2 N–H and O–H groups in total. The number of benzene rings is 2. The Morgan fingerprint density at radius 3 is 2.41 bits per heavy atom. The molecule has 3 rings (SSSR count). The Hall–Kier alpha value is -2.34. The first kappa shape index (κ1) is 14.6. The van der Waals surface area contributed by atoms with Gasteiger partial charge < -0.3 is 5.73 Å². The second-order valence-electron chi connectivity index (χ2n) is 5.38. The molecule has 2 aromatic carbocycles. The van der Waals surface area contributed by atoms with Crippen LogP contribution in [0.2, 0.25) is 0 Å². The van der Waals surface area contributed by atoms with E-state index in [0.717, 1.165) is 5.56 Å². The largest absolute Gasteiger partial charge is 0.366 e. The van der Waals surface area contributed by atoms with E-state index in [4.69, 9.17) is 5.73 Å². The Kier molecular flexibility index (Phi) is 3.41. The Balaban J connectivity index is 2.02. The van der Waals surface area contributed by atoms with Gasteiger partial charge in [-0.25, -0.2) is 8.42 Å². The maximum atomic E-state index is 12.8. The maximum absolute atomic E-state index is 12.8. The predicted octanol–water partition coefficient (Wildman–Crippen LogP) is 2.10. The number of hydrogen-bond donors (Lipinski definition) is 1. The van der Waals surface area contributed by atoms with Crippen molar-refractivity contribution < 1.29 is 13.2 Å². The number of para-hydroxylation sites is 1. The number of sulfonamides is 1. The molecule has 5 nitrogen and oxygen atoms in total. The summed E-state index contributed by atoms with van der Waals surface area (Å²) in [5, 5.41) is 0. The molecule has 0 aliphatic carbocycles. The number of carbonyl (C=O) groups excluding carboxylic acids is 1. The van der Waals surface area contributed by atoms with Gasteiger partial charge in [-0.1, -0.05) is 25.1 Å². The van der Waals surface area contributed by atoms with Crippen molar-refractivity contribution in [2.24, 2.45) is 5.73 Å². The molecule has 1 atom stereocenters. The summed E-state index contributed by atoms with van der Waals surface area (Å²) in [7, 11) is -3.65. The minimum Gasteiger partial charge on any atom is -0.366 e. The second kappa shape index (κ2) is 5.14. The lowest BCUT2D eigenvalue weighted by Gasteiger charge is -2.20. The van der Waals surface area contributed by atoms with Crippen LogP contribution >= 0.6 is 0 Å². The van der Waals surface area contributed by atoms with E-state index in [1.165, 1.54) is 28.6 Å². The van der Waals surface area contributed by atoms with E-state index >= 15 is 0 Å². The molecule has 0 saturated carbocycles. The molecule has 22 heavy (non-hydrogen) atoms. The zero-order valence-electron chi connectivity index (χ0n) is 12.1. The summed E-state index contributed by atoms with van der Waals surface area (Å²) in [5.74, 6) is -0.431. The summed E-state index contributed by atoms with van der Waals surface area (Å²) >= 11 is 0. The monoisotopic (exact) mass is 316 g/mol. The molecule has 1 unspecified atom stereocenters. The summed E-state index contributed by atoms with van der Waals surface area (Å²) in [5.41, 5.74) is 7.21. The minimum absolute atomic E-state index is 0.149.